The van der Waals surface area contributed by atoms with Gasteiger partial charge < -0.3 is 9.88 Å². The van der Waals surface area contributed by atoms with Crippen LogP contribution in [0.25, 0.3) is 10.2 Å². The Morgan fingerprint density at radius 3 is 2.75 bits per heavy atom. The summed E-state index contributed by atoms with van der Waals surface area (Å²) in [6.45, 7) is 1.97. The van der Waals surface area contributed by atoms with Crippen LogP contribution in [-0.2, 0) is 4.79 Å². The molecule has 1 atom stereocenters. The Morgan fingerprint density at radius 1 is 1.25 bits per heavy atom. The van der Waals surface area contributed by atoms with Crippen molar-refractivity contribution < 1.29 is 9.59 Å². The van der Waals surface area contributed by atoms with E-state index < -0.39 is 6.04 Å². The molecular formula is C21H20ClN3O2S. The molecule has 3 aromatic rings. The van der Waals surface area contributed by atoms with E-state index in [1.807, 2.05) is 35.8 Å². The molecule has 0 bridgehead atoms. The zero-order valence-corrected chi connectivity index (χ0v) is 17.0. The van der Waals surface area contributed by atoms with Gasteiger partial charge >= 0.3 is 0 Å². The summed E-state index contributed by atoms with van der Waals surface area (Å²) < 4.78 is 2.87. The van der Waals surface area contributed by atoms with Crippen molar-refractivity contribution in [2.45, 2.75) is 38.3 Å². The molecule has 2 amide bonds. The van der Waals surface area contributed by atoms with E-state index in [1.165, 1.54) is 11.3 Å². The predicted octanol–water partition coefficient (Wildman–Crippen LogP) is 4.33. The highest BCUT2D eigenvalue weighted by Crippen LogP contribution is 2.25. The number of nitrogens with zero attached hydrogens (tertiary/aromatic N) is 2. The van der Waals surface area contributed by atoms with Crippen molar-refractivity contribution >= 4 is 45.0 Å². The van der Waals surface area contributed by atoms with Gasteiger partial charge in [0.15, 0.2) is 4.80 Å². The average Bonchev–Trinajstić information content (AvgIpc) is 3.43. The monoisotopic (exact) mass is 413 g/mol. The number of thiazole rings is 1. The molecular weight excluding hydrogens is 394 g/mol. The second kappa shape index (κ2) is 7.89. The first-order valence-corrected chi connectivity index (χ1v) is 10.5. The van der Waals surface area contributed by atoms with Crippen LogP contribution in [0.3, 0.4) is 0 Å². The lowest BCUT2D eigenvalue weighted by Gasteiger charge is -2.17. The average molecular weight is 414 g/mol. The Balaban J connectivity index is 1.82. The number of amides is 2. The highest BCUT2D eigenvalue weighted by atomic mass is 35.5. The van der Waals surface area contributed by atoms with Gasteiger partial charge in [-0.2, -0.15) is 4.99 Å². The molecule has 0 saturated heterocycles. The minimum atomic E-state index is -0.414. The van der Waals surface area contributed by atoms with Crippen molar-refractivity contribution in [2.24, 2.45) is 4.99 Å². The third-order valence-electron chi connectivity index (χ3n) is 4.73. The van der Waals surface area contributed by atoms with E-state index in [2.05, 4.69) is 10.3 Å². The van der Waals surface area contributed by atoms with Gasteiger partial charge in [0.05, 0.1) is 10.2 Å². The van der Waals surface area contributed by atoms with Gasteiger partial charge in [-0.1, -0.05) is 48.1 Å². The molecule has 1 N–H and O–H groups in total. The summed E-state index contributed by atoms with van der Waals surface area (Å²) >= 11 is 7.42. The maximum Gasteiger partial charge on any atom is 0.279 e. The molecule has 0 spiro atoms. The number of fused-ring (bicyclic) bond motifs is 1. The minimum Gasteiger partial charge on any atom is -0.352 e. The summed E-state index contributed by atoms with van der Waals surface area (Å²) in [5.41, 5.74) is 1.33. The fourth-order valence-electron chi connectivity index (χ4n) is 3.15. The topological polar surface area (TPSA) is 63.5 Å². The Labute approximate surface area is 171 Å². The molecule has 28 heavy (non-hydrogen) atoms. The number of hydrogen-bond donors (Lipinski definition) is 1. The molecule has 1 fully saturated rings. The third kappa shape index (κ3) is 3.88. The predicted molar refractivity (Wildman–Crippen MR) is 112 cm³/mol. The standard InChI is InChI=1S/C21H20ClN3O2S/c1-2-16(20(27)23-15-10-11-15)25-17-8-3-4-9-18(17)28-21(25)24-19(26)13-6-5-7-14(22)12-13/h3-9,12,15-16H,2,10-11H2,1H3,(H,23,27)/t16-/m1/s1. The molecule has 144 valence electrons. The van der Waals surface area contributed by atoms with Crippen LogP contribution in [0, 0.1) is 0 Å². The molecule has 0 unspecified atom stereocenters. The van der Waals surface area contributed by atoms with Gasteiger partial charge in [0.2, 0.25) is 5.91 Å². The summed E-state index contributed by atoms with van der Waals surface area (Å²) in [4.78, 5) is 30.5. The van der Waals surface area contributed by atoms with Gasteiger partial charge in [-0.05, 0) is 49.6 Å². The van der Waals surface area contributed by atoms with E-state index >= 15 is 0 Å². The van der Waals surface area contributed by atoms with E-state index in [9.17, 15) is 9.59 Å². The largest absolute Gasteiger partial charge is 0.352 e. The molecule has 1 aromatic heterocycles. The molecule has 1 aliphatic rings. The van der Waals surface area contributed by atoms with E-state index in [0.29, 0.717) is 21.8 Å². The van der Waals surface area contributed by atoms with Crippen LogP contribution in [0.2, 0.25) is 5.02 Å². The lowest BCUT2D eigenvalue weighted by atomic mass is 10.2. The number of hydrogen-bond acceptors (Lipinski definition) is 3. The van der Waals surface area contributed by atoms with Crippen molar-refractivity contribution in [2.75, 3.05) is 0 Å². The number of nitrogens with one attached hydrogen (secondary N) is 1. The highest BCUT2D eigenvalue weighted by molar-refractivity contribution is 7.16. The Kier molecular flexibility index (Phi) is 5.33. The number of aromatic nitrogens is 1. The van der Waals surface area contributed by atoms with Crippen LogP contribution in [-0.4, -0.2) is 22.4 Å². The molecule has 0 radical (unpaired) electrons. The Hall–Kier alpha value is -2.44. The third-order valence-corrected chi connectivity index (χ3v) is 6.00. The zero-order valence-electron chi connectivity index (χ0n) is 15.4. The molecule has 1 heterocycles. The van der Waals surface area contributed by atoms with E-state index in [4.69, 9.17) is 11.6 Å². The first-order chi connectivity index (χ1) is 13.6. The molecule has 2 aromatic carbocycles. The van der Waals surface area contributed by atoms with Crippen LogP contribution < -0.4 is 10.1 Å². The number of halogens is 1. The fraction of sp³-hybridized carbons (Fsp3) is 0.286. The Bertz CT molecular complexity index is 1110. The second-order valence-electron chi connectivity index (χ2n) is 6.86. The molecule has 0 aliphatic heterocycles. The first kappa shape index (κ1) is 18.9. The lowest BCUT2D eigenvalue weighted by Crippen LogP contribution is -2.37. The highest BCUT2D eigenvalue weighted by Gasteiger charge is 2.29. The van der Waals surface area contributed by atoms with E-state index in [-0.39, 0.29) is 17.9 Å². The fourth-order valence-corrected chi connectivity index (χ4v) is 4.41. The van der Waals surface area contributed by atoms with Crippen molar-refractivity contribution in [1.82, 2.24) is 9.88 Å². The maximum atomic E-state index is 12.8. The van der Waals surface area contributed by atoms with Crippen LogP contribution in [0.15, 0.2) is 53.5 Å². The summed E-state index contributed by atoms with van der Waals surface area (Å²) in [7, 11) is 0. The molecule has 1 saturated carbocycles. The number of carbonyl (C=O) groups excluding carboxylic acids is 2. The maximum absolute atomic E-state index is 12.8. The van der Waals surface area contributed by atoms with E-state index in [0.717, 1.165) is 23.1 Å². The van der Waals surface area contributed by atoms with Gasteiger partial charge in [-0.15, -0.1) is 0 Å². The van der Waals surface area contributed by atoms with Gasteiger partial charge in [-0.25, -0.2) is 0 Å². The van der Waals surface area contributed by atoms with Crippen LogP contribution in [0.1, 0.15) is 42.6 Å². The lowest BCUT2D eigenvalue weighted by molar-refractivity contribution is -0.124. The number of para-hydroxylation sites is 1. The smallest absolute Gasteiger partial charge is 0.279 e. The normalized spacial score (nSPS) is 15.6. The van der Waals surface area contributed by atoms with Gasteiger partial charge in [0.1, 0.15) is 6.04 Å². The number of rotatable bonds is 5. The van der Waals surface area contributed by atoms with Crippen molar-refractivity contribution in [3.8, 4) is 0 Å². The first-order valence-electron chi connectivity index (χ1n) is 9.32. The van der Waals surface area contributed by atoms with Crippen molar-refractivity contribution in [1.29, 1.82) is 0 Å². The van der Waals surface area contributed by atoms with Gasteiger partial charge in [0.25, 0.3) is 5.91 Å². The van der Waals surface area contributed by atoms with E-state index in [1.54, 1.807) is 24.3 Å². The summed E-state index contributed by atoms with van der Waals surface area (Å²) in [5.74, 6) is -0.398. The number of carbonyl (C=O) groups is 2. The SMILES string of the molecule is CC[C@H](C(=O)NC1CC1)n1c(=NC(=O)c2cccc(Cl)c2)sc2ccccc21. The van der Waals surface area contributed by atoms with Crippen LogP contribution in [0.4, 0.5) is 0 Å². The molecule has 7 heteroatoms. The van der Waals surface area contributed by atoms with Crippen molar-refractivity contribution in [3.05, 3.63) is 63.9 Å². The molecule has 1 aliphatic carbocycles. The van der Waals surface area contributed by atoms with Gasteiger partial charge in [0, 0.05) is 16.6 Å². The zero-order chi connectivity index (χ0) is 19.7. The van der Waals surface area contributed by atoms with Gasteiger partial charge in [-0.3, -0.25) is 9.59 Å². The summed E-state index contributed by atoms with van der Waals surface area (Å²) in [5, 5.41) is 3.56. The number of benzene rings is 2. The summed E-state index contributed by atoms with van der Waals surface area (Å²) in [6.07, 6.45) is 2.67. The quantitative estimate of drug-likeness (QED) is 0.676. The molecule has 5 nitrogen and oxygen atoms in total. The van der Waals surface area contributed by atoms with Crippen molar-refractivity contribution in [3.63, 3.8) is 0 Å². The summed E-state index contributed by atoms with van der Waals surface area (Å²) in [6, 6.07) is 14.4. The molecule has 4 rings (SSSR count). The van der Waals surface area contributed by atoms with Crippen LogP contribution in [0.5, 0.6) is 0 Å². The minimum absolute atomic E-state index is 0.0230. The second-order valence-corrected chi connectivity index (χ2v) is 8.30. The Morgan fingerprint density at radius 2 is 2.04 bits per heavy atom. The van der Waals surface area contributed by atoms with Crippen LogP contribution >= 0.6 is 22.9 Å².